The predicted molar refractivity (Wildman–Crippen MR) is 74.4 cm³/mol. The highest BCUT2D eigenvalue weighted by atomic mass is 16.5. The van der Waals surface area contributed by atoms with Crippen molar-refractivity contribution in [1.82, 2.24) is 5.48 Å². The third kappa shape index (κ3) is 6.75. The summed E-state index contributed by atoms with van der Waals surface area (Å²) in [5.41, 5.74) is 2.24. The van der Waals surface area contributed by atoms with E-state index in [9.17, 15) is 9.59 Å². The maximum atomic E-state index is 11.6. The van der Waals surface area contributed by atoms with Crippen molar-refractivity contribution in [2.75, 3.05) is 5.32 Å². The first-order chi connectivity index (χ1) is 9.61. The molecule has 2 amide bonds. The van der Waals surface area contributed by atoms with E-state index in [4.69, 9.17) is 10.3 Å². The molecular weight excluding hydrogens is 260 g/mol. The SMILES string of the molecule is O=C(CCCCCCC(=O)Nc1ccc(O)cc1)NO. The predicted octanol–water partition coefficient (Wildman–Crippen LogP) is 2.18. The molecule has 0 aliphatic heterocycles. The Labute approximate surface area is 117 Å². The van der Waals surface area contributed by atoms with Crippen molar-refractivity contribution >= 4 is 17.5 Å². The van der Waals surface area contributed by atoms with E-state index >= 15 is 0 Å². The molecule has 0 spiro atoms. The van der Waals surface area contributed by atoms with Crippen LogP contribution < -0.4 is 10.8 Å². The summed E-state index contributed by atoms with van der Waals surface area (Å²) < 4.78 is 0. The number of hydrogen-bond donors (Lipinski definition) is 4. The molecule has 1 rings (SSSR count). The van der Waals surface area contributed by atoms with Gasteiger partial charge in [0.15, 0.2) is 0 Å². The van der Waals surface area contributed by atoms with Crippen LogP contribution in [0, 0.1) is 0 Å². The maximum Gasteiger partial charge on any atom is 0.243 e. The molecule has 0 saturated heterocycles. The van der Waals surface area contributed by atoms with Crippen molar-refractivity contribution in [3.8, 4) is 5.75 Å². The van der Waals surface area contributed by atoms with Gasteiger partial charge in [-0.2, -0.15) is 0 Å². The highest BCUT2D eigenvalue weighted by Crippen LogP contribution is 2.14. The Balaban J connectivity index is 2.08. The van der Waals surface area contributed by atoms with Gasteiger partial charge in [-0.25, -0.2) is 5.48 Å². The molecule has 6 heteroatoms. The Morgan fingerprint density at radius 3 is 2.00 bits per heavy atom. The van der Waals surface area contributed by atoms with Crippen LogP contribution in [0.1, 0.15) is 38.5 Å². The number of carbonyl (C=O) groups excluding carboxylic acids is 2. The van der Waals surface area contributed by atoms with Crippen LogP contribution in [0.5, 0.6) is 5.75 Å². The van der Waals surface area contributed by atoms with E-state index in [0.29, 0.717) is 24.9 Å². The first-order valence-corrected chi connectivity index (χ1v) is 6.63. The van der Waals surface area contributed by atoms with E-state index in [1.807, 2.05) is 0 Å². The zero-order valence-electron chi connectivity index (χ0n) is 11.3. The number of phenols is 1. The fourth-order valence-electron chi connectivity index (χ4n) is 1.75. The van der Waals surface area contributed by atoms with Gasteiger partial charge in [-0.05, 0) is 37.1 Å². The third-order valence-electron chi connectivity index (χ3n) is 2.83. The summed E-state index contributed by atoms with van der Waals surface area (Å²) in [5, 5.41) is 20.2. The number of carbonyl (C=O) groups is 2. The average Bonchev–Trinajstić information content (AvgIpc) is 2.44. The molecule has 0 unspecified atom stereocenters. The number of nitrogens with one attached hydrogen (secondary N) is 2. The lowest BCUT2D eigenvalue weighted by Crippen LogP contribution is -2.17. The summed E-state index contributed by atoms with van der Waals surface area (Å²) in [7, 11) is 0. The van der Waals surface area contributed by atoms with E-state index in [1.54, 1.807) is 17.6 Å². The Hall–Kier alpha value is -2.08. The molecule has 0 aliphatic carbocycles. The Kier molecular flexibility index (Phi) is 7.13. The number of hydrogen-bond acceptors (Lipinski definition) is 4. The second-order valence-corrected chi connectivity index (χ2v) is 4.54. The summed E-state index contributed by atoms with van der Waals surface area (Å²) in [6.45, 7) is 0. The molecule has 0 aromatic heterocycles. The van der Waals surface area contributed by atoms with Crippen molar-refractivity contribution in [2.24, 2.45) is 0 Å². The van der Waals surface area contributed by atoms with Crippen molar-refractivity contribution in [3.05, 3.63) is 24.3 Å². The minimum Gasteiger partial charge on any atom is -0.508 e. The molecule has 0 fully saturated rings. The van der Waals surface area contributed by atoms with Crippen LogP contribution in [0.3, 0.4) is 0 Å². The molecule has 0 bridgehead atoms. The van der Waals surface area contributed by atoms with Gasteiger partial charge in [0.25, 0.3) is 0 Å². The Bertz CT molecular complexity index is 431. The van der Waals surface area contributed by atoms with Gasteiger partial charge >= 0.3 is 0 Å². The molecule has 1 aromatic rings. The lowest BCUT2D eigenvalue weighted by atomic mass is 10.1. The first kappa shape index (κ1) is 16.0. The highest BCUT2D eigenvalue weighted by Gasteiger charge is 2.03. The van der Waals surface area contributed by atoms with Gasteiger partial charge in [0.05, 0.1) is 0 Å². The number of unbranched alkanes of at least 4 members (excludes halogenated alkanes) is 3. The monoisotopic (exact) mass is 280 g/mol. The summed E-state index contributed by atoms with van der Waals surface area (Å²) in [6, 6.07) is 6.31. The topological polar surface area (TPSA) is 98.7 Å². The second kappa shape index (κ2) is 8.92. The van der Waals surface area contributed by atoms with Crippen molar-refractivity contribution in [3.63, 3.8) is 0 Å². The van der Waals surface area contributed by atoms with E-state index in [-0.39, 0.29) is 17.6 Å². The van der Waals surface area contributed by atoms with Crippen LogP contribution >= 0.6 is 0 Å². The number of rotatable bonds is 8. The van der Waals surface area contributed by atoms with E-state index in [2.05, 4.69) is 5.32 Å². The normalized spacial score (nSPS) is 10.1. The average molecular weight is 280 g/mol. The molecule has 0 aliphatic rings. The minimum absolute atomic E-state index is 0.0659. The summed E-state index contributed by atoms with van der Waals surface area (Å²) in [5.74, 6) is -0.284. The molecule has 0 heterocycles. The number of benzene rings is 1. The van der Waals surface area contributed by atoms with Crippen molar-refractivity contribution < 1.29 is 19.9 Å². The number of amides is 2. The third-order valence-corrected chi connectivity index (χ3v) is 2.83. The van der Waals surface area contributed by atoms with Crippen LogP contribution in [-0.2, 0) is 9.59 Å². The fraction of sp³-hybridized carbons (Fsp3) is 0.429. The summed E-state index contributed by atoms with van der Waals surface area (Å²) >= 11 is 0. The van der Waals surface area contributed by atoms with Crippen LogP contribution in [0.25, 0.3) is 0 Å². The molecule has 0 atom stereocenters. The lowest BCUT2D eigenvalue weighted by Gasteiger charge is -2.05. The second-order valence-electron chi connectivity index (χ2n) is 4.54. The van der Waals surface area contributed by atoms with Crippen LogP contribution in [0.4, 0.5) is 5.69 Å². The van der Waals surface area contributed by atoms with Crippen LogP contribution in [0.15, 0.2) is 24.3 Å². The van der Waals surface area contributed by atoms with Gasteiger partial charge in [-0.15, -0.1) is 0 Å². The van der Waals surface area contributed by atoms with Gasteiger partial charge in [0.2, 0.25) is 11.8 Å². The molecule has 6 nitrogen and oxygen atoms in total. The number of hydroxylamine groups is 1. The molecule has 0 radical (unpaired) electrons. The Morgan fingerprint density at radius 1 is 0.900 bits per heavy atom. The summed E-state index contributed by atoms with van der Waals surface area (Å²) in [6.07, 6.45) is 3.89. The van der Waals surface area contributed by atoms with Crippen molar-refractivity contribution in [2.45, 2.75) is 38.5 Å². The van der Waals surface area contributed by atoms with Crippen LogP contribution in [0.2, 0.25) is 0 Å². The number of anilines is 1. The van der Waals surface area contributed by atoms with Gasteiger partial charge in [-0.1, -0.05) is 12.8 Å². The van der Waals surface area contributed by atoms with Gasteiger partial charge < -0.3 is 10.4 Å². The van der Waals surface area contributed by atoms with Gasteiger partial charge in [-0.3, -0.25) is 14.8 Å². The Morgan fingerprint density at radius 2 is 1.45 bits per heavy atom. The summed E-state index contributed by atoms with van der Waals surface area (Å²) in [4.78, 5) is 22.4. The smallest absolute Gasteiger partial charge is 0.243 e. The number of phenolic OH excluding ortho intramolecular Hbond substituents is 1. The molecule has 110 valence electrons. The molecule has 20 heavy (non-hydrogen) atoms. The number of aromatic hydroxyl groups is 1. The van der Waals surface area contributed by atoms with E-state index in [1.165, 1.54) is 12.1 Å². The first-order valence-electron chi connectivity index (χ1n) is 6.63. The molecular formula is C14H20N2O4. The quantitative estimate of drug-likeness (QED) is 0.254. The van der Waals surface area contributed by atoms with Crippen molar-refractivity contribution in [1.29, 1.82) is 0 Å². The maximum absolute atomic E-state index is 11.6. The largest absolute Gasteiger partial charge is 0.508 e. The molecule has 4 N–H and O–H groups in total. The standard InChI is InChI=1S/C14H20N2O4/c17-12-9-7-11(8-10-12)15-13(18)5-3-1-2-4-6-14(19)16-20/h7-10,17,20H,1-6H2,(H,15,18)(H,16,19). The van der Waals surface area contributed by atoms with E-state index in [0.717, 1.165) is 19.3 Å². The zero-order chi connectivity index (χ0) is 14.8. The van der Waals surface area contributed by atoms with Crippen LogP contribution in [-0.4, -0.2) is 22.1 Å². The lowest BCUT2D eigenvalue weighted by molar-refractivity contribution is -0.129. The van der Waals surface area contributed by atoms with Gasteiger partial charge in [0, 0.05) is 18.5 Å². The zero-order valence-corrected chi connectivity index (χ0v) is 11.3. The minimum atomic E-state index is -0.380. The highest BCUT2D eigenvalue weighted by molar-refractivity contribution is 5.90. The molecule has 0 saturated carbocycles. The molecule has 1 aromatic carbocycles. The van der Waals surface area contributed by atoms with E-state index < -0.39 is 0 Å². The fourth-order valence-corrected chi connectivity index (χ4v) is 1.75. The van der Waals surface area contributed by atoms with Gasteiger partial charge in [0.1, 0.15) is 5.75 Å².